The predicted molar refractivity (Wildman–Crippen MR) is 84.1 cm³/mol. The monoisotopic (exact) mass is 297 g/mol. The Balaban J connectivity index is 1.96. The van der Waals surface area contributed by atoms with Crippen molar-refractivity contribution in [2.45, 2.75) is 77.6 Å². The van der Waals surface area contributed by atoms with Crippen molar-refractivity contribution in [1.29, 1.82) is 0 Å². The molecule has 1 atom stereocenters. The Morgan fingerprint density at radius 2 is 1.86 bits per heavy atom. The summed E-state index contributed by atoms with van der Waals surface area (Å²) < 4.78 is 0. The normalized spacial score (nSPS) is 17.4. The lowest BCUT2D eigenvalue weighted by Gasteiger charge is -2.21. The maximum absolute atomic E-state index is 11.7. The second-order valence-corrected chi connectivity index (χ2v) is 6.57. The fourth-order valence-electron chi connectivity index (χ4n) is 3.09. The van der Waals surface area contributed by atoms with E-state index in [0.717, 1.165) is 18.8 Å². The van der Waals surface area contributed by atoms with E-state index in [1.807, 2.05) is 6.92 Å². The first-order valence-corrected chi connectivity index (χ1v) is 8.56. The molecule has 122 valence electrons. The maximum atomic E-state index is 11.7. The van der Waals surface area contributed by atoms with Gasteiger partial charge in [0, 0.05) is 19.4 Å². The number of rotatable bonds is 10. The zero-order valence-electron chi connectivity index (χ0n) is 13.4. The molecule has 4 heteroatoms. The zero-order valence-corrected chi connectivity index (χ0v) is 13.4. The molecule has 1 unspecified atom stereocenters. The third-order valence-corrected chi connectivity index (χ3v) is 4.55. The van der Waals surface area contributed by atoms with Crippen LogP contribution in [0.1, 0.15) is 77.6 Å². The average molecular weight is 297 g/mol. The molecule has 0 spiro atoms. The molecular weight excluding hydrogens is 266 g/mol. The van der Waals surface area contributed by atoms with E-state index in [0.29, 0.717) is 25.3 Å². The summed E-state index contributed by atoms with van der Waals surface area (Å²) in [6.07, 6.45) is 11.4. The summed E-state index contributed by atoms with van der Waals surface area (Å²) in [4.78, 5) is 22.2. The highest BCUT2D eigenvalue weighted by Crippen LogP contribution is 2.27. The third-order valence-electron chi connectivity index (χ3n) is 4.55. The maximum Gasteiger partial charge on any atom is 0.303 e. The number of nitrogens with one attached hydrogen (secondary N) is 1. The van der Waals surface area contributed by atoms with Gasteiger partial charge in [0.15, 0.2) is 0 Å². The lowest BCUT2D eigenvalue weighted by Crippen LogP contribution is -2.25. The van der Waals surface area contributed by atoms with Gasteiger partial charge in [-0.1, -0.05) is 39.0 Å². The van der Waals surface area contributed by atoms with Crippen LogP contribution in [0.5, 0.6) is 0 Å². The van der Waals surface area contributed by atoms with Crippen LogP contribution in [-0.2, 0) is 9.59 Å². The lowest BCUT2D eigenvalue weighted by atomic mass is 9.86. The van der Waals surface area contributed by atoms with Gasteiger partial charge in [-0.3, -0.25) is 9.59 Å². The molecule has 1 aliphatic rings. The van der Waals surface area contributed by atoms with Crippen LogP contribution in [-0.4, -0.2) is 23.5 Å². The van der Waals surface area contributed by atoms with Crippen molar-refractivity contribution >= 4 is 11.9 Å². The Morgan fingerprint density at radius 3 is 2.52 bits per heavy atom. The number of carbonyl (C=O) groups excluding carboxylic acids is 1. The number of hydrogen-bond acceptors (Lipinski definition) is 2. The van der Waals surface area contributed by atoms with E-state index in [4.69, 9.17) is 5.11 Å². The van der Waals surface area contributed by atoms with Crippen LogP contribution in [0.4, 0.5) is 0 Å². The van der Waals surface area contributed by atoms with Crippen molar-refractivity contribution < 1.29 is 14.7 Å². The van der Waals surface area contributed by atoms with Crippen LogP contribution in [0.15, 0.2) is 0 Å². The summed E-state index contributed by atoms with van der Waals surface area (Å²) in [5.74, 6) is 0.607. The molecular formula is C17H31NO3. The molecule has 0 aliphatic heterocycles. The van der Waals surface area contributed by atoms with Crippen LogP contribution in [0.2, 0.25) is 0 Å². The number of carbonyl (C=O) groups is 2. The smallest absolute Gasteiger partial charge is 0.303 e. The molecule has 1 saturated carbocycles. The quantitative estimate of drug-likeness (QED) is 0.645. The van der Waals surface area contributed by atoms with Crippen LogP contribution < -0.4 is 5.32 Å². The van der Waals surface area contributed by atoms with Gasteiger partial charge >= 0.3 is 5.97 Å². The minimum absolute atomic E-state index is 0.149. The molecule has 0 aromatic rings. The number of carboxylic acid groups (broad SMARTS) is 1. The fraction of sp³-hybridized carbons (Fsp3) is 0.882. The standard InChI is InChI=1S/C17H31NO3/c1-14(10-11-17(20)21)12-13-18-16(19)9-5-8-15-6-3-2-4-7-15/h14-15H,2-13H2,1H3,(H,18,19)(H,20,21). The minimum Gasteiger partial charge on any atom is -0.481 e. The molecule has 0 bridgehead atoms. The molecule has 1 fully saturated rings. The highest BCUT2D eigenvalue weighted by Gasteiger charge is 2.13. The highest BCUT2D eigenvalue weighted by atomic mass is 16.4. The first-order valence-electron chi connectivity index (χ1n) is 8.56. The van der Waals surface area contributed by atoms with Crippen molar-refractivity contribution in [2.75, 3.05) is 6.54 Å². The van der Waals surface area contributed by atoms with E-state index < -0.39 is 5.97 Å². The second-order valence-electron chi connectivity index (χ2n) is 6.57. The van der Waals surface area contributed by atoms with E-state index in [1.54, 1.807) is 0 Å². The van der Waals surface area contributed by atoms with Crippen molar-refractivity contribution in [3.63, 3.8) is 0 Å². The summed E-state index contributed by atoms with van der Waals surface area (Å²) in [7, 11) is 0. The van der Waals surface area contributed by atoms with E-state index in [1.165, 1.54) is 38.5 Å². The number of aliphatic carboxylic acids is 1. The predicted octanol–water partition coefficient (Wildman–Crippen LogP) is 3.74. The third kappa shape index (κ3) is 9.48. The molecule has 0 radical (unpaired) electrons. The van der Waals surface area contributed by atoms with Gasteiger partial charge in [-0.2, -0.15) is 0 Å². The lowest BCUT2D eigenvalue weighted by molar-refractivity contribution is -0.137. The number of carboxylic acids is 1. The zero-order chi connectivity index (χ0) is 15.5. The SMILES string of the molecule is CC(CCNC(=O)CCCC1CCCCC1)CCC(=O)O. The molecule has 4 nitrogen and oxygen atoms in total. The van der Waals surface area contributed by atoms with Gasteiger partial charge in [-0.25, -0.2) is 0 Å². The number of amides is 1. The summed E-state index contributed by atoms with van der Waals surface area (Å²) in [6.45, 7) is 2.71. The van der Waals surface area contributed by atoms with E-state index >= 15 is 0 Å². The Labute approximate surface area is 128 Å². The van der Waals surface area contributed by atoms with E-state index in [9.17, 15) is 9.59 Å². The first-order chi connectivity index (χ1) is 10.1. The molecule has 1 rings (SSSR count). The summed E-state index contributed by atoms with van der Waals surface area (Å²) in [6, 6.07) is 0. The Hall–Kier alpha value is -1.06. The van der Waals surface area contributed by atoms with Gasteiger partial charge < -0.3 is 10.4 Å². The molecule has 2 N–H and O–H groups in total. The van der Waals surface area contributed by atoms with Gasteiger partial charge in [0.1, 0.15) is 0 Å². The average Bonchev–Trinajstić information content (AvgIpc) is 2.46. The molecule has 0 saturated heterocycles. The van der Waals surface area contributed by atoms with Gasteiger partial charge in [0.25, 0.3) is 0 Å². The van der Waals surface area contributed by atoms with Crippen LogP contribution in [0.25, 0.3) is 0 Å². The van der Waals surface area contributed by atoms with Gasteiger partial charge in [0.05, 0.1) is 0 Å². The largest absolute Gasteiger partial charge is 0.481 e. The Morgan fingerprint density at radius 1 is 1.14 bits per heavy atom. The van der Waals surface area contributed by atoms with Crippen LogP contribution >= 0.6 is 0 Å². The second kappa shape index (κ2) is 10.6. The fourth-order valence-corrected chi connectivity index (χ4v) is 3.09. The van der Waals surface area contributed by atoms with Crippen LogP contribution in [0, 0.1) is 11.8 Å². The summed E-state index contributed by atoms with van der Waals surface area (Å²) >= 11 is 0. The van der Waals surface area contributed by atoms with Gasteiger partial charge in [0.2, 0.25) is 5.91 Å². The van der Waals surface area contributed by atoms with Crippen molar-refractivity contribution in [2.24, 2.45) is 11.8 Å². The van der Waals surface area contributed by atoms with Gasteiger partial charge in [-0.05, 0) is 37.5 Å². The molecule has 21 heavy (non-hydrogen) atoms. The Bertz CT molecular complexity index is 311. The van der Waals surface area contributed by atoms with Gasteiger partial charge in [-0.15, -0.1) is 0 Å². The molecule has 0 aromatic heterocycles. The molecule has 0 heterocycles. The van der Waals surface area contributed by atoms with Crippen molar-refractivity contribution in [3.05, 3.63) is 0 Å². The van der Waals surface area contributed by atoms with E-state index in [2.05, 4.69) is 5.32 Å². The van der Waals surface area contributed by atoms with Crippen molar-refractivity contribution in [1.82, 2.24) is 5.32 Å². The van der Waals surface area contributed by atoms with Crippen molar-refractivity contribution in [3.8, 4) is 0 Å². The summed E-state index contributed by atoms with van der Waals surface area (Å²) in [5, 5.41) is 11.6. The Kier molecular flexibility index (Phi) is 9.11. The molecule has 1 aliphatic carbocycles. The molecule has 1 amide bonds. The van der Waals surface area contributed by atoms with Crippen LogP contribution in [0.3, 0.4) is 0 Å². The first kappa shape index (κ1) is 18.0. The topological polar surface area (TPSA) is 66.4 Å². The highest BCUT2D eigenvalue weighted by molar-refractivity contribution is 5.75. The summed E-state index contributed by atoms with van der Waals surface area (Å²) in [5.41, 5.74) is 0. The molecule has 0 aromatic carbocycles. The van der Waals surface area contributed by atoms with E-state index in [-0.39, 0.29) is 12.3 Å². The number of hydrogen-bond donors (Lipinski definition) is 2. The minimum atomic E-state index is -0.742.